The van der Waals surface area contributed by atoms with E-state index in [1.54, 1.807) is 13.8 Å². The molecule has 0 radical (unpaired) electrons. The van der Waals surface area contributed by atoms with Crippen LogP contribution in [-0.4, -0.2) is 0 Å². The van der Waals surface area contributed by atoms with E-state index in [2.05, 4.69) is 0 Å². The lowest BCUT2D eigenvalue weighted by atomic mass is 10.1. The maximum atomic E-state index is 13.8. The third kappa shape index (κ3) is 4.89. The van der Waals surface area contributed by atoms with Crippen LogP contribution in [0.25, 0.3) is 11.0 Å². The fraction of sp³-hybridized carbons (Fsp3) is 0.192. The van der Waals surface area contributed by atoms with Crippen molar-refractivity contribution in [2.45, 2.75) is 33.6 Å². The summed E-state index contributed by atoms with van der Waals surface area (Å²) < 4.78 is 57.7. The molecule has 0 saturated carbocycles. The van der Waals surface area contributed by atoms with Gasteiger partial charge in [0, 0.05) is 11.1 Å². The Morgan fingerprint density at radius 1 is 0.912 bits per heavy atom. The summed E-state index contributed by atoms with van der Waals surface area (Å²) in [5, 5.41) is 0.403. The van der Waals surface area contributed by atoms with Gasteiger partial charge in [0.25, 0.3) is 5.76 Å². The van der Waals surface area contributed by atoms with Crippen LogP contribution < -0.4 is 14.9 Å². The van der Waals surface area contributed by atoms with Gasteiger partial charge in [0.1, 0.15) is 23.7 Å². The predicted molar refractivity (Wildman–Crippen MR) is 124 cm³/mol. The largest absolute Gasteiger partial charge is 0.489 e. The molecule has 0 fully saturated rings. The van der Waals surface area contributed by atoms with Crippen molar-refractivity contribution in [2.75, 3.05) is 0 Å². The van der Waals surface area contributed by atoms with Gasteiger partial charge in [-0.2, -0.15) is 13.2 Å². The molecule has 0 spiro atoms. The zero-order valence-electron chi connectivity index (χ0n) is 18.5. The zero-order chi connectivity index (χ0) is 24.6. The van der Waals surface area contributed by atoms with E-state index in [1.165, 1.54) is 30.3 Å². The number of halogens is 4. The normalized spacial score (nSPS) is 11.6. The van der Waals surface area contributed by atoms with Crippen molar-refractivity contribution in [1.82, 2.24) is 0 Å². The van der Waals surface area contributed by atoms with Gasteiger partial charge in [-0.15, -0.1) is 0 Å². The third-order valence-corrected chi connectivity index (χ3v) is 5.83. The van der Waals surface area contributed by atoms with E-state index in [9.17, 15) is 18.0 Å². The number of aryl methyl sites for hydroxylation is 3. The highest BCUT2D eigenvalue weighted by molar-refractivity contribution is 6.32. The quantitative estimate of drug-likeness (QED) is 0.288. The van der Waals surface area contributed by atoms with Gasteiger partial charge in [-0.25, -0.2) is 0 Å². The Bertz CT molecular complexity index is 1400. The molecule has 0 aliphatic rings. The topological polar surface area (TPSA) is 48.7 Å². The first-order chi connectivity index (χ1) is 16.0. The lowest BCUT2D eigenvalue weighted by Crippen LogP contribution is -2.15. The van der Waals surface area contributed by atoms with Crippen molar-refractivity contribution < 1.29 is 27.1 Å². The summed E-state index contributed by atoms with van der Waals surface area (Å²) in [5.74, 6) is -2.14. The van der Waals surface area contributed by atoms with E-state index in [0.29, 0.717) is 16.1 Å². The molecule has 1 heterocycles. The van der Waals surface area contributed by atoms with E-state index < -0.39 is 23.1 Å². The number of ether oxygens (including phenoxy) is 2. The SMILES string of the molecule is Cc1ccc(COc2ccc3c(=O)c(Oc4cc(C)c(Cl)c(C)c4)c(C(F)(F)F)oc3c2)cc1. The van der Waals surface area contributed by atoms with Crippen LogP contribution in [0.1, 0.15) is 28.0 Å². The molecule has 0 bridgehead atoms. The third-order valence-electron chi connectivity index (χ3n) is 5.24. The minimum absolute atomic E-state index is 0.0506. The highest BCUT2D eigenvalue weighted by Gasteiger charge is 2.40. The second-order valence-corrected chi connectivity index (χ2v) is 8.37. The second kappa shape index (κ2) is 9.06. The number of alkyl halides is 3. The first-order valence-corrected chi connectivity index (χ1v) is 10.7. The number of benzene rings is 3. The molecule has 0 saturated heterocycles. The molecule has 4 rings (SSSR count). The van der Waals surface area contributed by atoms with Gasteiger partial charge < -0.3 is 13.9 Å². The molecule has 1 aromatic heterocycles. The molecule has 4 nitrogen and oxygen atoms in total. The van der Waals surface area contributed by atoms with Crippen LogP contribution in [-0.2, 0) is 12.8 Å². The first-order valence-electron chi connectivity index (χ1n) is 10.3. The maximum absolute atomic E-state index is 13.8. The number of hydrogen-bond donors (Lipinski definition) is 0. The fourth-order valence-electron chi connectivity index (χ4n) is 3.46. The number of hydrogen-bond acceptors (Lipinski definition) is 4. The van der Waals surface area contributed by atoms with E-state index in [1.807, 2.05) is 31.2 Å². The number of fused-ring (bicyclic) bond motifs is 1. The van der Waals surface area contributed by atoms with Crippen molar-refractivity contribution in [1.29, 1.82) is 0 Å². The lowest BCUT2D eigenvalue weighted by Gasteiger charge is -2.15. The van der Waals surface area contributed by atoms with Gasteiger partial charge >= 0.3 is 6.18 Å². The lowest BCUT2D eigenvalue weighted by molar-refractivity contribution is -0.154. The Balaban J connectivity index is 1.73. The van der Waals surface area contributed by atoms with E-state index in [4.69, 9.17) is 25.5 Å². The molecule has 176 valence electrons. The average Bonchev–Trinajstić information content (AvgIpc) is 2.78. The summed E-state index contributed by atoms with van der Waals surface area (Å²) in [7, 11) is 0. The fourth-order valence-corrected chi connectivity index (χ4v) is 3.57. The van der Waals surface area contributed by atoms with Crippen LogP contribution >= 0.6 is 11.6 Å². The molecule has 0 N–H and O–H groups in total. The summed E-state index contributed by atoms with van der Waals surface area (Å²) >= 11 is 6.12. The van der Waals surface area contributed by atoms with Crippen molar-refractivity contribution in [3.05, 3.63) is 97.9 Å². The maximum Gasteiger partial charge on any atom is 0.453 e. The highest BCUT2D eigenvalue weighted by atomic mass is 35.5. The molecule has 4 aromatic rings. The molecule has 0 unspecified atom stereocenters. The molecule has 0 amide bonds. The van der Waals surface area contributed by atoms with E-state index in [0.717, 1.165) is 11.1 Å². The Morgan fingerprint density at radius 3 is 2.18 bits per heavy atom. The second-order valence-electron chi connectivity index (χ2n) is 7.99. The van der Waals surface area contributed by atoms with Crippen LogP contribution in [0.15, 0.2) is 63.8 Å². The number of rotatable bonds is 5. The Kier molecular flexibility index (Phi) is 6.32. The van der Waals surface area contributed by atoms with Crippen molar-refractivity contribution in [3.63, 3.8) is 0 Å². The van der Waals surface area contributed by atoms with Crippen LogP contribution in [0.5, 0.6) is 17.2 Å². The molecule has 34 heavy (non-hydrogen) atoms. The highest BCUT2D eigenvalue weighted by Crippen LogP contribution is 2.39. The van der Waals surface area contributed by atoms with Gasteiger partial charge in [-0.1, -0.05) is 41.4 Å². The van der Waals surface area contributed by atoms with Crippen LogP contribution in [0.2, 0.25) is 5.02 Å². The Hall–Kier alpha value is -3.45. The summed E-state index contributed by atoms with van der Waals surface area (Å²) in [6.07, 6.45) is -4.96. The smallest absolute Gasteiger partial charge is 0.453 e. The Labute approximate surface area is 198 Å². The van der Waals surface area contributed by atoms with Gasteiger partial charge in [-0.05, 0) is 61.7 Å². The van der Waals surface area contributed by atoms with Gasteiger partial charge in [0.2, 0.25) is 11.2 Å². The van der Waals surface area contributed by atoms with Crippen molar-refractivity contribution in [2.24, 2.45) is 0 Å². The average molecular weight is 489 g/mol. The summed E-state index contributed by atoms with van der Waals surface area (Å²) in [6.45, 7) is 5.54. The molecular formula is C26H20ClF3O4. The van der Waals surface area contributed by atoms with Crippen LogP contribution in [0.3, 0.4) is 0 Å². The molecule has 0 aliphatic heterocycles. The van der Waals surface area contributed by atoms with E-state index >= 15 is 0 Å². The zero-order valence-corrected chi connectivity index (χ0v) is 19.3. The molecule has 0 atom stereocenters. The standard InChI is InChI=1S/C26H20ClF3O4/c1-14-4-6-17(7-5-14)13-32-18-8-9-20-21(12-18)34-25(26(28,29)30)24(23(20)31)33-19-10-15(2)22(27)16(3)11-19/h4-12H,13H2,1-3H3. The van der Waals surface area contributed by atoms with Gasteiger partial charge in [-0.3, -0.25) is 4.79 Å². The first kappa shape index (κ1) is 23.7. The molecule has 0 aliphatic carbocycles. The summed E-state index contributed by atoms with van der Waals surface area (Å²) in [4.78, 5) is 13.0. The minimum atomic E-state index is -4.96. The minimum Gasteiger partial charge on any atom is -0.489 e. The monoisotopic (exact) mass is 488 g/mol. The molecule has 8 heteroatoms. The Morgan fingerprint density at radius 2 is 1.56 bits per heavy atom. The summed E-state index contributed by atoms with van der Waals surface area (Å²) in [5.41, 5.74) is 1.99. The van der Waals surface area contributed by atoms with Crippen LogP contribution in [0, 0.1) is 20.8 Å². The van der Waals surface area contributed by atoms with Gasteiger partial charge in [0.15, 0.2) is 0 Å². The van der Waals surface area contributed by atoms with Crippen LogP contribution in [0.4, 0.5) is 13.2 Å². The van der Waals surface area contributed by atoms with Gasteiger partial charge in [0.05, 0.1) is 5.39 Å². The van der Waals surface area contributed by atoms with Crippen molar-refractivity contribution >= 4 is 22.6 Å². The predicted octanol–water partition coefficient (Wildman–Crippen LogP) is 7.76. The van der Waals surface area contributed by atoms with Crippen molar-refractivity contribution in [3.8, 4) is 17.2 Å². The summed E-state index contributed by atoms with van der Waals surface area (Å²) in [6, 6.07) is 14.7. The molecular weight excluding hydrogens is 469 g/mol. The van der Waals surface area contributed by atoms with E-state index in [-0.39, 0.29) is 29.1 Å². The molecule has 3 aromatic carbocycles.